The zero-order valence-corrected chi connectivity index (χ0v) is 15.7. The molecule has 0 aliphatic carbocycles. The molecule has 1 amide bonds. The lowest BCUT2D eigenvalue weighted by Crippen LogP contribution is -2.50. The predicted molar refractivity (Wildman–Crippen MR) is 96.8 cm³/mol. The van der Waals surface area contributed by atoms with Crippen LogP contribution >= 0.6 is 11.6 Å². The van der Waals surface area contributed by atoms with Crippen LogP contribution in [0.3, 0.4) is 0 Å². The summed E-state index contributed by atoms with van der Waals surface area (Å²) in [5.41, 5.74) is 0.174. The van der Waals surface area contributed by atoms with Gasteiger partial charge in [-0.25, -0.2) is 17.6 Å². The zero-order chi connectivity index (χ0) is 20.4. The number of carbonyl (C=O) groups is 1. The summed E-state index contributed by atoms with van der Waals surface area (Å²) in [6.45, 7) is 1.97. The molecule has 0 atom stereocenters. The maximum absolute atomic E-state index is 14.1. The Balaban J connectivity index is 1.62. The SMILES string of the molecule is Cc1cccc(OCC(=O)N2CCN(c3c(F)c(F)c(Cl)c(F)c3F)CC2)c1. The third-order valence-corrected chi connectivity index (χ3v) is 4.82. The molecule has 0 saturated carbocycles. The van der Waals surface area contributed by atoms with Crippen LogP contribution in [0.15, 0.2) is 24.3 Å². The van der Waals surface area contributed by atoms with E-state index in [0.29, 0.717) is 5.75 Å². The fourth-order valence-electron chi connectivity index (χ4n) is 2.99. The first-order valence-electron chi connectivity index (χ1n) is 8.53. The van der Waals surface area contributed by atoms with Crippen LogP contribution in [0.2, 0.25) is 5.02 Å². The highest BCUT2D eigenvalue weighted by Crippen LogP contribution is 2.33. The quantitative estimate of drug-likeness (QED) is 0.430. The van der Waals surface area contributed by atoms with Crippen molar-refractivity contribution in [2.75, 3.05) is 37.7 Å². The van der Waals surface area contributed by atoms with Gasteiger partial charge < -0.3 is 14.5 Å². The summed E-state index contributed by atoms with van der Waals surface area (Å²) in [5, 5.41) is -1.22. The van der Waals surface area contributed by atoms with Crippen LogP contribution in [-0.4, -0.2) is 43.6 Å². The number of carbonyl (C=O) groups excluding carboxylic acids is 1. The van der Waals surface area contributed by atoms with E-state index >= 15 is 0 Å². The smallest absolute Gasteiger partial charge is 0.260 e. The lowest BCUT2D eigenvalue weighted by Gasteiger charge is -2.36. The summed E-state index contributed by atoms with van der Waals surface area (Å²) in [4.78, 5) is 14.9. The van der Waals surface area contributed by atoms with Gasteiger partial charge in [0.05, 0.1) is 0 Å². The number of halogens is 5. The highest BCUT2D eigenvalue weighted by atomic mass is 35.5. The minimum atomic E-state index is -1.64. The molecule has 2 aromatic carbocycles. The number of amides is 1. The van der Waals surface area contributed by atoms with Crippen LogP contribution in [0.5, 0.6) is 5.75 Å². The average Bonchev–Trinajstić information content (AvgIpc) is 2.70. The van der Waals surface area contributed by atoms with Crippen LogP contribution in [0.4, 0.5) is 23.2 Å². The Hall–Kier alpha value is -2.48. The molecule has 150 valence electrons. The molecule has 28 heavy (non-hydrogen) atoms. The number of aryl methyl sites for hydroxylation is 1. The highest BCUT2D eigenvalue weighted by Gasteiger charge is 2.30. The molecule has 3 rings (SSSR count). The molecule has 0 radical (unpaired) electrons. The molecular weight excluding hydrogens is 400 g/mol. The van der Waals surface area contributed by atoms with Crippen LogP contribution in [0.1, 0.15) is 5.56 Å². The first-order valence-corrected chi connectivity index (χ1v) is 8.91. The van der Waals surface area contributed by atoms with Crippen molar-refractivity contribution in [3.63, 3.8) is 0 Å². The first-order chi connectivity index (χ1) is 13.3. The summed E-state index contributed by atoms with van der Waals surface area (Å²) >= 11 is 5.24. The third kappa shape index (κ3) is 4.01. The van der Waals surface area contributed by atoms with Gasteiger partial charge in [-0.3, -0.25) is 4.79 Å². The van der Waals surface area contributed by atoms with Crippen molar-refractivity contribution in [2.24, 2.45) is 0 Å². The van der Waals surface area contributed by atoms with E-state index in [4.69, 9.17) is 16.3 Å². The molecule has 0 bridgehead atoms. The third-order valence-electron chi connectivity index (χ3n) is 4.49. The van der Waals surface area contributed by atoms with E-state index in [1.54, 1.807) is 18.2 Å². The second-order valence-electron chi connectivity index (χ2n) is 6.39. The van der Waals surface area contributed by atoms with E-state index in [1.807, 2.05) is 13.0 Å². The van der Waals surface area contributed by atoms with Gasteiger partial charge in [-0.2, -0.15) is 0 Å². The van der Waals surface area contributed by atoms with Gasteiger partial charge in [-0.1, -0.05) is 23.7 Å². The van der Waals surface area contributed by atoms with Gasteiger partial charge in [0.2, 0.25) is 0 Å². The standard InChI is InChI=1S/C19H17ClF4N2O2/c1-11-3-2-4-12(9-11)28-10-13(27)25-5-7-26(8-6-25)19-17(23)15(21)14(20)16(22)18(19)24/h2-4,9H,5-8,10H2,1H3. The Morgan fingerprint density at radius 2 is 1.64 bits per heavy atom. The van der Waals surface area contributed by atoms with E-state index in [1.165, 1.54) is 4.90 Å². The molecule has 1 aliphatic heterocycles. The molecule has 0 N–H and O–H groups in total. The van der Waals surface area contributed by atoms with Gasteiger partial charge in [0, 0.05) is 26.2 Å². The van der Waals surface area contributed by atoms with Crippen molar-refractivity contribution in [3.05, 3.63) is 58.1 Å². The minimum Gasteiger partial charge on any atom is -0.484 e. The highest BCUT2D eigenvalue weighted by molar-refractivity contribution is 6.31. The van der Waals surface area contributed by atoms with E-state index in [-0.39, 0.29) is 38.7 Å². The summed E-state index contributed by atoms with van der Waals surface area (Å²) in [6, 6.07) is 7.23. The van der Waals surface area contributed by atoms with Gasteiger partial charge in [-0.15, -0.1) is 0 Å². The Labute approximate surface area is 164 Å². The molecule has 9 heteroatoms. The monoisotopic (exact) mass is 416 g/mol. The van der Waals surface area contributed by atoms with Crippen LogP contribution in [0, 0.1) is 30.2 Å². The van der Waals surface area contributed by atoms with Crippen LogP contribution in [0.25, 0.3) is 0 Å². The summed E-state index contributed by atoms with van der Waals surface area (Å²) < 4.78 is 60.9. The van der Waals surface area contributed by atoms with Crippen LogP contribution < -0.4 is 9.64 Å². The number of hydrogen-bond donors (Lipinski definition) is 0. The topological polar surface area (TPSA) is 32.8 Å². The number of piperazine rings is 1. The lowest BCUT2D eigenvalue weighted by molar-refractivity contribution is -0.133. The molecule has 1 saturated heterocycles. The van der Waals surface area contributed by atoms with E-state index in [9.17, 15) is 22.4 Å². The van der Waals surface area contributed by atoms with Gasteiger partial charge in [-0.05, 0) is 24.6 Å². The first kappa shape index (κ1) is 20.3. The van der Waals surface area contributed by atoms with E-state index in [2.05, 4.69) is 0 Å². The Morgan fingerprint density at radius 1 is 1.04 bits per heavy atom. The average molecular weight is 417 g/mol. The fraction of sp³-hybridized carbons (Fsp3) is 0.316. The van der Waals surface area contributed by atoms with Gasteiger partial charge >= 0.3 is 0 Å². The van der Waals surface area contributed by atoms with E-state index < -0.39 is 34.0 Å². The number of ether oxygens (including phenoxy) is 1. The second kappa shape index (κ2) is 8.26. The number of rotatable bonds is 4. The molecule has 1 heterocycles. The fourth-order valence-corrected chi connectivity index (χ4v) is 3.16. The summed E-state index contributed by atoms with van der Waals surface area (Å²) in [7, 11) is 0. The molecule has 0 unspecified atom stereocenters. The van der Waals surface area contributed by atoms with Gasteiger partial charge in [0.1, 0.15) is 16.5 Å². The van der Waals surface area contributed by atoms with Crippen molar-refractivity contribution < 1.29 is 27.1 Å². The number of hydrogen-bond acceptors (Lipinski definition) is 3. The number of anilines is 1. The van der Waals surface area contributed by atoms with Gasteiger partial charge in [0.15, 0.2) is 29.9 Å². The molecular formula is C19H17ClF4N2O2. The minimum absolute atomic E-state index is 0.00450. The molecule has 0 aromatic heterocycles. The van der Waals surface area contributed by atoms with Crippen molar-refractivity contribution in [1.29, 1.82) is 0 Å². The Kier molecular flexibility index (Phi) is 5.98. The molecule has 4 nitrogen and oxygen atoms in total. The molecule has 2 aromatic rings. The summed E-state index contributed by atoms with van der Waals surface area (Å²) in [6.07, 6.45) is 0. The molecule has 1 aliphatic rings. The van der Waals surface area contributed by atoms with Crippen LogP contribution in [-0.2, 0) is 4.79 Å². The Morgan fingerprint density at radius 3 is 2.21 bits per heavy atom. The van der Waals surface area contributed by atoms with Crippen molar-refractivity contribution in [3.8, 4) is 5.75 Å². The predicted octanol–water partition coefficient (Wildman–Crippen LogP) is 3.93. The number of nitrogens with zero attached hydrogens (tertiary/aromatic N) is 2. The van der Waals surface area contributed by atoms with Crippen molar-refractivity contribution in [1.82, 2.24) is 4.90 Å². The van der Waals surface area contributed by atoms with Crippen molar-refractivity contribution in [2.45, 2.75) is 6.92 Å². The zero-order valence-electron chi connectivity index (χ0n) is 14.9. The van der Waals surface area contributed by atoms with Crippen molar-refractivity contribution >= 4 is 23.2 Å². The maximum Gasteiger partial charge on any atom is 0.260 e. The van der Waals surface area contributed by atoms with Gasteiger partial charge in [0.25, 0.3) is 5.91 Å². The molecule has 0 spiro atoms. The maximum atomic E-state index is 14.1. The summed E-state index contributed by atoms with van der Waals surface area (Å²) in [5.74, 6) is -6.11. The molecule has 1 fully saturated rings. The van der Waals surface area contributed by atoms with E-state index in [0.717, 1.165) is 10.5 Å². The lowest BCUT2D eigenvalue weighted by atomic mass is 10.2. The number of benzene rings is 2. The Bertz CT molecular complexity index is 873. The normalized spacial score (nSPS) is 14.4. The largest absolute Gasteiger partial charge is 0.484 e. The second-order valence-corrected chi connectivity index (χ2v) is 6.77.